The predicted octanol–water partition coefficient (Wildman–Crippen LogP) is 1.87. The normalized spacial score (nSPS) is 40.2. The molecular weight excluding hydrogens is 319 g/mol. The molecule has 1 unspecified atom stereocenters. The fraction of sp³-hybridized carbons (Fsp3) is 1.00. The molecule has 2 aliphatic rings. The molecule has 7 nitrogen and oxygen atoms in total. The Hall–Kier alpha value is -0.200. The van der Waals surface area contributed by atoms with Gasteiger partial charge < -0.3 is 0 Å². The quantitative estimate of drug-likeness (QED) is 0.518. The molecule has 2 rings (SSSR count). The standard InChI is InChI=1S/C13H26B2NO6P/c1-8-5-9(2)20-13(8)7-18-23(17,22-15-16-14)21-12-6-10(3)19-11(12)4/h8-13H,5-7,14H2,1-4H3/t8-,9+,10+,11-,12-,13-,23?/m1/s1. The van der Waals surface area contributed by atoms with Crippen molar-refractivity contribution in [3.8, 4) is 0 Å². The first-order valence-corrected chi connectivity index (χ1v) is 9.62. The van der Waals surface area contributed by atoms with E-state index in [-0.39, 0.29) is 37.1 Å². The zero-order valence-corrected chi connectivity index (χ0v) is 15.4. The molecule has 0 amide bonds. The number of hydrogen-bond acceptors (Lipinski definition) is 7. The zero-order chi connectivity index (χ0) is 17.0. The van der Waals surface area contributed by atoms with Crippen LogP contribution in [0, 0.1) is 5.92 Å². The van der Waals surface area contributed by atoms with Crippen molar-refractivity contribution in [2.45, 2.75) is 71.1 Å². The van der Waals surface area contributed by atoms with Gasteiger partial charge in [0.1, 0.15) is 0 Å². The van der Waals surface area contributed by atoms with Crippen molar-refractivity contribution in [3.05, 3.63) is 0 Å². The van der Waals surface area contributed by atoms with E-state index in [0.29, 0.717) is 12.3 Å². The fourth-order valence-corrected chi connectivity index (χ4v) is 4.35. The Morgan fingerprint density at radius 1 is 1.22 bits per heavy atom. The monoisotopic (exact) mass is 345 g/mol. The van der Waals surface area contributed by atoms with Crippen LogP contribution in [0.1, 0.15) is 40.5 Å². The molecule has 0 bridgehead atoms. The molecule has 2 aliphatic heterocycles. The van der Waals surface area contributed by atoms with Gasteiger partial charge >= 0.3 is 139 Å². The summed E-state index contributed by atoms with van der Waals surface area (Å²) >= 11 is 0. The number of hydrogen-bond donors (Lipinski definition) is 0. The van der Waals surface area contributed by atoms with Gasteiger partial charge in [-0.3, -0.25) is 0 Å². The fourth-order valence-electron chi connectivity index (χ4n) is 3.05. The van der Waals surface area contributed by atoms with Gasteiger partial charge in [0.2, 0.25) is 0 Å². The molecule has 0 aromatic rings. The summed E-state index contributed by atoms with van der Waals surface area (Å²) in [6.07, 6.45) is 1.24. The number of rotatable bonds is 7. The molecule has 2 fully saturated rings. The van der Waals surface area contributed by atoms with Crippen LogP contribution in [0.2, 0.25) is 0 Å². The molecule has 0 radical (unpaired) electrons. The average molecular weight is 345 g/mol. The van der Waals surface area contributed by atoms with Gasteiger partial charge in [-0.15, -0.1) is 0 Å². The van der Waals surface area contributed by atoms with E-state index in [1.165, 1.54) is 7.98 Å². The third-order valence-corrected chi connectivity index (χ3v) is 5.57. The molecule has 0 spiro atoms. The van der Waals surface area contributed by atoms with Crippen molar-refractivity contribution in [2.24, 2.45) is 10.7 Å². The molecule has 7 atom stereocenters. The van der Waals surface area contributed by atoms with E-state index in [0.717, 1.165) is 13.7 Å². The van der Waals surface area contributed by atoms with Gasteiger partial charge in [0, 0.05) is 0 Å². The maximum atomic E-state index is 12.9. The van der Waals surface area contributed by atoms with E-state index in [2.05, 4.69) is 11.7 Å². The second-order valence-electron chi connectivity index (χ2n) is 6.44. The van der Waals surface area contributed by atoms with Crippen LogP contribution in [0.15, 0.2) is 4.81 Å². The van der Waals surface area contributed by atoms with E-state index in [9.17, 15) is 4.57 Å². The van der Waals surface area contributed by atoms with Gasteiger partial charge in [0.05, 0.1) is 0 Å². The van der Waals surface area contributed by atoms with Crippen LogP contribution in [-0.4, -0.2) is 52.4 Å². The van der Waals surface area contributed by atoms with Crippen molar-refractivity contribution in [2.75, 3.05) is 6.61 Å². The van der Waals surface area contributed by atoms with Crippen molar-refractivity contribution in [1.82, 2.24) is 0 Å². The minimum atomic E-state index is -3.76. The van der Waals surface area contributed by atoms with Crippen LogP contribution in [0.25, 0.3) is 0 Å². The van der Waals surface area contributed by atoms with E-state index in [4.69, 9.17) is 23.0 Å². The molecule has 0 N–H and O–H groups in total. The van der Waals surface area contributed by atoms with E-state index in [1.54, 1.807) is 0 Å². The van der Waals surface area contributed by atoms with Crippen LogP contribution < -0.4 is 0 Å². The summed E-state index contributed by atoms with van der Waals surface area (Å²) in [5, 5.41) is 0. The van der Waals surface area contributed by atoms with Gasteiger partial charge in [-0.2, -0.15) is 0 Å². The zero-order valence-electron chi connectivity index (χ0n) is 14.5. The molecule has 10 heteroatoms. The molecule has 0 aromatic heterocycles. The minimum absolute atomic E-state index is 0.0577. The van der Waals surface area contributed by atoms with Crippen molar-refractivity contribution >= 4 is 23.1 Å². The Labute approximate surface area is 139 Å². The Morgan fingerprint density at radius 3 is 2.43 bits per heavy atom. The maximum absolute atomic E-state index is 12.9. The van der Waals surface area contributed by atoms with Crippen molar-refractivity contribution in [1.29, 1.82) is 0 Å². The molecule has 0 aromatic carbocycles. The third kappa shape index (κ3) is 5.40. The summed E-state index contributed by atoms with van der Waals surface area (Å²) in [5.41, 5.74) is 0. The van der Waals surface area contributed by atoms with E-state index < -0.39 is 7.82 Å². The molecule has 0 saturated carbocycles. The first-order chi connectivity index (χ1) is 10.8. The third-order valence-electron chi connectivity index (χ3n) is 4.22. The van der Waals surface area contributed by atoms with Crippen LogP contribution in [0.5, 0.6) is 0 Å². The number of ether oxygens (including phenoxy) is 2. The summed E-state index contributed by atoms with van der Waals surface area (Å²) in [6, 6.07) is 0. The Morgan fingerprint density at radius 2 is 1.91 bits per heavy atom. The van der Waals surface area contributed by atoms with Crippen LogP contribution in [0.4, 0.5) is 0 Å². The SMILES string of the molecule is BN=BOP(=O)(OC[C@H]1O[C@@H](C)C[C@H]1C)O[C@@H]1C[C@H](C)O[C@@H]1C. The van der Waals surface area contributed by atoms with Crippen LogP contribution in [0.3, 0.4) is 0 Å². The Kier molecular flexibility index (Phi) is 6.87. The first-order valence-electron chi connectivity index (χ1n) is 8.16. The van der Waals surface area contributed by atoms with Gasteiger partial charge in [-0.25, -0.2) is 0 Å². The van der Waals surface area contributed by atoms with E-state index >= 15 is 0 Å². The van der Waals surface area contributed by atoms with Crippen LogP contribution >= 0.6 is 7.82 Å². The van der Waals surface area contributed by atoms with Gasteiger partial charge in [-0.1, -0.05) is 0 Å². The van der Waals surface area contributed by atoms with Gasteiger partial charge in [0.25, 0.3) is 0 Å². The summed E-state index contributed by atoms with van der Waals surface area (Å²) in [4.78, 5) is 3.69. The molecule has 0 aliphatic carbocycles. The molecule has 130 valence electrons. The van der Waals surface area contributed by atoms with Crippen molar-refractivity contribution in [3.63, 3.8) is 0 Å². The molecule has 2 saturated heterocycles. The Bertz CT molecular complexity index is 468. The summed E-state index contributed by atoms with van der Waals surface area (Å²) < 4.78 is 40.6. The molecular formula is C13H26B2NO6P. The average Bonchev–Trinajstić information content (AvgIpc) is 2.96. The Balaban J connectivity index is 1.96. The number of nitrogens with zero attached hydrogens (tertiary/aromatic N) is 1. The van der Waals surface area contributed by atoms with Gasteiger partial charge in [0.15, 0.2) is 0 Å². The molecule has 23 heavy (non-hydrogen) atoms. The first kappa shape index (κ1) is 19.1. The van der Waals surface area contributed by atoms with Gasteiger partial charge in [-0.05, 0) is 0 Å². The second kappa shape index (κ2) is 8.26. The van der Waals surface area contributed by atoms with E-state index in [1.807, 2.05) is 20.8 Å². The summed E-state index contributed by atoms with van der Waals surface area (Å²) in [5.74, 6) is 0.340. The van der Waals surface area contributed by atoms with Crippen LogP contribution in [-0.2, 0) is 27.5 Å². The molecule has 2 heterocycles. The topological polar surface area (TPSA) is 75.6 Å². The second-order valence-corrected chi connectivity index (χ2v) is 8.02. The van der Waals surface area contributed by atoms with Crippen molar-refractivity contribution < 1.29 is 27.5 Å². The number of phosphoric acid groups is 1. The number of phosphoric ester groups is 1. The summed E-state index contributed by atoms with van der Waals surface area (Å²) in [7, 11) is -1.14. The summed E-state index contributed by atoms with van der Waals surface area (Å²) in [6.45, 7) is 8.11. The predicted molar refractivity (Wildman–Crippen MR) is 89.0 cm³/mol.